The summed E-state index contributed by atoms with van der Waals surface area (Å²) in [6.45, 7) is 1.27. The molecule has 2 aromatic rings. The third-order valence-corrected chi connectivity index (χ3v) is 4.05. The van der Waals surface area contributed by atoms with Crippen LogP contribution >= 0.6 is 0 Å². The molecule has 2 aliphatic heterocycles. The number of ether oxygens (including phenoxy) is 3. The average Bonchev–Trinajstić information content (AvgIpc) is 3.13. The van der Waals surface area contributed by atoms with Gasteiger partial charge in [-0.15, -0.1) is 0 Å². The summed E-state index contributed by atoms with van der Waals surface area (Å²) in [7, 11) is 0. The van der Waals surface area contributed by atoms with Gasteiger partial charge in [-0.25, -0.2) is 9.59 Å². The SMILES string of the molecule is O=C1OC(=O)c2cc3c(OCC4CCCO4)cccc3cc21. The van der Waals surface area contributed by atoms with Crippen LogP contribution in [-0.4, -0.2) is 31.3 Å². The summed E-state index contributed by atoms with van der Waals surface area (Å²) in [6, 6.07) is 8.94. The highest BCUT2D eigenvalue weighted by Crippen LogP contribution is 2.32. The lowest BCUT2D eigenvalue weighted by Gasteiger charge is -2.13. The van der Waals surface area contributed by atoms with Gasteiger partial charge in [0.1, 0.15) is 12.4 Å². The molecule has 1 fully saturated rings. The van der Waals surface area contributed by atoms with Gasteiger partial charge < -0.3 is 14.2 Å². The number of hydrogen-bond donors (Lipinski definition) is 0. The molecule has 4 rings (SSSR count). The lowest BCUT2D eigenvalue weighted by atomic mass is 10.0. The minimum absolute atomic E-state index is 0.122. The minimum atomic E-state index is -0.601. The summed E-state index contributed by atoms with van der Waals surface area (Å²) < 4.78 is 16.1. The second-order valence-electron chi connectivity index (χ2n) is 5.50. The highest BCUT2D eigenvalue weighted by molar-refractivity contribution is 6.17. The molecule has 0 amide bonds. The monoisotopic (exact) mass is 298 g/mol. The van der Waals surface area contributed by atoms with Crippen LogP contribution in [0.1, 0.15) is 33.6 Å². The zero-order valence-electron chi connectivity index (χ0n) is 11.8. The van der Waals surface area contributed by atoms with E-state index in [0.717, 1.165) is 30.2 Å². The molecular weight excluding hydrogens is 284 g/mol. The maximum Gasteiger partial charge on any atom is 0.346 e. The van der Waals surface area contributed by atoms with Crippen LogP contribution in [0, 0.1) is 0 Å². The Balaban J connectivity index is 1.71. The summed E-state index contributed by atoms with van der Waals surface area (Å²) in [5.41, 5.74) is 0.611. The van der Waals surface area contributed by atoms with Gasteiger partial charge in [0, 0.05) is 12.0 Å². The Bertz CT molecular complexity index is 774. The molecule has 0 aromatic heterocycles. The molecule has 0 radical (unpaired) electrons. The molecule has 0 N–H and O–H groups in total. The largest absolute Gasteiger partial charge is 0.490 e. The number of cyclic esters (lactones) is 2. The van der Waals surface area contributed by atoms with Crippen molar-refractivity contribution in [2.24, 2.45) is 0 Å². The number of hydrogen-bond acceptors (Lipinski definition) is 5. The van der Waals surface area contributed by atoms with Crippen molar-refractivity contribution >= 4 is 22.7 Å². The van der Waals surface area contributed by atoms with Crippen LogP contribution in [0.3, 0.4) is 0 Å². The Labute approximate surface area is 126 Å². The van der Waals surface area contributed by atoms with Crippen molar-refractivity contribution < 1.29 is 23.8 Å². The lowest BCUT2D eigenvalue weighted by Crippen LogP contribution is -2.16. The standard InChI is InChI=1S/C17H14O5/c18-16-13-7-10-3-1-5-15(21-9-11-4-2-6-20-11)12(10)8-14(13)17(19)22-16/h1,3,5,7-8,11H,2,4,6,9H2. The Morgan fingerprint density at radius 3 is 2.73 bits per heavy atom. The summed E-state index contributed by atoms with van der Waals surface area (Å²) in [5.74, 6) is -0.508. The van der Waals surface area contributed by atoms with Crippen molar-refractivity contribution in [2.75, 3.05) is 13.2 Å². The van der Waals surface area contributed by atoms with Crippen molar-refractivity contribution in [1.82, 2.24) is 0 Å². The van der Waals surface area contributed by atoms with E-state index in [2.05, 4.69) is 4.74 Å². The molecule has 0 spiro atoms. The van der Waals surface area contributed by atoms with Crippen LogP contribution in [0.15, 0.2) is 30.3 Å². The molecule has 1 unspecified atom stereocenters. The molecule has 0 aliphatic carbocycles. The van der Waals surface area contributed by atoms with Crippen molar-refractivity contribution in [3.8, 4) is 5.75 Å². The topological polar surface area (TPSA) is 61.8 Å². The summed E-state index contributed by atoms with van der Waals surface area (Å²) >= 11 is 0. The van der Waals surface area contributed by atoms with Gasteiger partial charge in [-0.1, -0.05) is 12.1 Å². The average molecular weight is 298 g/mol. The van der Waals surface area contributed by atoms with E-state index in [1.807, 2.05) is 18.2 Å². The van der Waals surface area contributed by atoms with Crippen molar-refractivity contribution in [1.29, 1.82) is 0 Å². The minimum Gasteiger partial charge on any atom is -0.490 e. The molecule has 5 heteroatoms. The quantitative estimate of drug-likeness (QED) is 0.644. The molecule has 0 saturated carbocycles. The van der Waals surface area contributed by atoms with E-state index < -0.39 is 11.9 Å². The summed E-state index contributed by atoms with van der Waals surface area (Å²) in [4.78, 5) is 23.3. The van der Waals surface area contributed by atoms with Crippen LogP contribution in [0.4, 0.5) is 0 Å². The number of benzene rings is 2. The van der Waals surface area contributed by atoms with E-state index in [1.54, 1.807) is 12.1 Å². The van der Waals surface area contributed by atoms with Gasteiger partial charge >= 0.3 is 11.9 Å². The third kappa shape index (κ3) is 2.14. The smallest absolute Gasteiger partial charge is 0.346 e. The van der Waals surface area contributed by atoms with E-state index in [1.165, 1.54) is 0 Å². The van der Waals surface area contributed by atoms with E-state index in [9.17, 15) is 9.59 Å². The van der Waals surface area contributed by atoms with Gasteiger partial charge in [-0.2, -0.15) is 0 Å². The summed E-state index contributed by atoms with van der Waals surface area (Å²) in [6.07, 6.45) is 2.18. The van der Waals surface area contributed by atoms with Crippen LogP contribution in [-0.2, 0) is 9.47 Å². The molecular formula is C17H14O5. The number of fused-ring (bicyclic) bond motifs is 2. The maximum atomic E-state index is 11.7. The molecule has 2 aromatic carbocycles. The van der Waals surface area contributed by atoms with E-state index in [0.29, 0.717) is 23.5 Å². The molecule has 22 heavy (non-hydrogen) atoms. The molecule has 2 aliphatic rings. The van der Waals surface area contributed by atoms with Gasteiger partial charge in [0.25, 0.3) is 0 Å². The Kier molecular flexibility index (Phi) is 3.08. The second kappa shape index (κ2) is 5.10. The second-order valence-corrected chi connectivity index (χ2v) is 5.50. The fraction of sp³-hybridized carbons (Fsp3) is 0.294. The number of rotatable bonds is 3. The Hall–Kier alpha value is -2.40. The molecule has 1 saturated heterocycles. The predicted molar refractivity (Wildman–Crippen MR) is 78.2 cm³/mol. The highest BCUT2D eigenvalue weighted by atomic mass is 16.6. The van der Waals surface area contributed by atoms with E-state index >= 15 is 0 Å². The van der Waals surface area contributed by atoms with Crippen LogP contribution in [0.2, 0.25) is 0 Å². The number of carbonyl (C=O) groups is 2. The molecule has 1 atom stereocenters. The van der Waals surface area contributed by atoms with Gasteiger partial charge in [-0.3, -0.25) is 0 Å². The number of carbonyl (C=O) groups excluding carboxylic acids is 2. The van der Waals surface area contributed by atoms with Crippen LogP contribution in [0.25, 0.3) is 10.8 Å². The van der Waals surface area contributed by atoms with Crippen LogP contribution in [0.5, 0.6) is 5.75 Å². The van der Waals surface area contributed by atoms with E-state index in [4.69, 9.17) is 9.47 Å². The predicted octanol–water partition coefficient (Wildman–Crippen LogP) is 2.71. The lowest BCUT2D eigenvalue weighted by molar-refractivity contribution is 0.0444. The Morgan fingerprint density at radius 2 is 1.95 bits per heavy atom. The maximum absolute atomic E-state index is 11.7. The first kappa shape index (κ1) is 13.3. The Morgan fingerprint density at radius 1 is 1.14 bits per heavy atom. The zero-order valence-corrected chi connectivity index (χ0v) is 11.8. The molecule has 112 valence electrons. The first-order valence-electron chi connectivity index (χ1n) is 7.30. The first-order valence-corrected chi connectivity index (χ1v) is 7.30. The fourth-order valence-corrected chi connectivity index (χ4v) is 2.91. The zero-order chi connectivity index (χ0) is 15.1. The van der Waals surface area contributed by atoms with Crippen molar-refractivity contribution in [3.05, 3.63) is 41.5 Å². The molecule has 0 bridgehead atoms. The fourth-order valence-electron chi connectivity index (χ4n) is 2.91. The summed E-state index contributed by atoms with van der Waals surface area (Å²) in [5, 5.41) is 1.64. The van der Waals surface area contributed by atoms with Gasteiger partial charge in [0.05, 0.1) is 17.2 Å². The first-order chi connectivity index (χ1) is 10.7. The highest BCUT2D eigenvalue weighted by Gasteiger charge is 2.30. The van der Waals surface area contributed by atoms with Gasteiger partial charge in [0.2, 0.25) is 0 Å². The van der Waals surface area contributed by atoms with E-state index in [-0.39, 0.29) is 6.10 Å². The van der Waals surface area contributed by atoms with Gasteiger partial charge in [-0.05, 0) is 36.4 Å². The molecule has 2 heterocycles. The normalized spacial score (nSPS) is 20.3. The van der Waals surface area contributed by atoms with Crippen molar-refractivity contribution in [3.63, 3.8) is 0 Å². The van der Waals surface area contributed by atoms with Crippen molar-refractivity contribution in [2.45, 2.75) is 18.9 Å². The number of esters is 2. The van der Waals surface area contributed by atoms with Gasteiger partial charge in [0.15, 0.2) is 0 Å². The third-order valence-electron chi connectivity index (χ3n) is 4.05. The molecule has 5 nitrogen and oxygen atoms in total. The van der Waals surface area contributed by atoms with Crippen LogP contribution < -0.4 is 4.74 Å².